The summed E-state index contributed by atoms with van der Waals surface area (Å²) in [6.07, 6.45) is 2.91. The number of rotatable bonds is 4. The molecule has 3 aromatic carbocycles. The molecule has 7 heteroatoms. The van der Waals surface area contributed by atoms with Gasteiger partial charge in [-0.25, -0.2) is 0 Å². The van der Waals surface area contributed by atoms with E-state index in [0.29, 0.717) is 16.5 Å². The molecule has 0 aliphatic carbocycles. The highest BCUT2D eigenvalue weighted by molar-refractivity contribution is 7.80. The molecule has 0 aliphatic heterocycles. The van der Waals surface area contributed by atoms with E-state index in [9.17, 15) is 9.90 Å². The Bertz CT molecular complexity index is 1300. The van der Waals surface area contributed by atoms with Crippen LogP contribution in [0.25, 0.3) is 28.2 Å². The number of phenols is 1. The molecular weight excluding hydrogens is 432 g/mol. The molecule has 3 N–H and O–H groups in total. The van der Waals surface area contributed by atoms with E-state index in [-0.39, 0.29) is 16.8 Å². The lowest BCUT2D eigenvalue weighted by Crippen LogP contribution is -2.32. The van der Waals surface area contributed by atoms with Crippen molar-refractivity contribution in [3.63, 3.8) is 0 Å². The average Bonchev–Trinajstić information content (AvgIpc) is 3.22. The number of carbonyl (C=O) groups is 1. The summed E-state index contributed by atoms with van der Waals surface area (Å²) in [5, 5.41) is 17.8. The number of fused-ring (bicyclic) bond motifs is 1. The van der Waals surface area contributed by atoms with Crippen LogP contribution in [-0.4, -0.2) is 16.1 Å². The molecule has 4 rings (SSSR count). The summed E-state index contributed by atoms with van der Waals surface area (Å²) in [6, 6.07) is 21.5. The van der Waals surface area contributed by atoms with Gasteiger partial charge in [0.2, 0.25) is 5.91 Å². The van der Waals surface area contributed by atoms with Gasteiger partial charge in [-0.15, -0.1) is 0 Å². The maximum atomic E-state index is 12.2. The Labute approximate surface area is 189 Å². The number of thiocarbonyl (C=S) groups is 1. The Kier molecular flexibility index (Phi) is 6.02. The van der Waals surface area contributed by atoms with E-state index in [1.807, 2.05) is 36.4 Å². The maximum Gasteiger partial charge on any atom is 0.250 e. The Morgan fingerprint density at radius 3 is 2.65 bits per heavy atom. The van der Waals surface area contributed by atoms with Crippen LogP contribution in [0.2, 0.25) is 5.02 Å². The van der Waals surface area contributed by atoms with Gasteiger partial charge >= 0.3 is 0 Å². The van der Waals surface area contributed by atoms with Gasteiger partial charge in [-0.1, -0.05) is 23.7 Å². The predicted molar refractivity (Wildman–Crippen MR) is 128 cm³/mol. The molecule has 0 bridgehead atoms. The molecule has 0 radical (unpaired) electrons. The molecule has 0 aliphatic rings. The zero-order valence-electron chi connectivity index (χ0n) is 16.1. The summed E-state index contributed by atoms with van der Waals surface area (Å²) < 4.78 is 5.74. The number of amides is 1. The Morgan fingerprint density at radius 1 is 1.03 bits per heavy atom. The second-order valence-electron chi connectivity index (χ2n) is 6.70. The van der Waals surface area contributed by atoms with Gasteiger partial charge in [0.25, 0.3) is 0 Å². The first-order valence-corrected chi connectivity index (χ1v) is 10.1. The van der Waals surface area contributed by atoms with Crippen molar-refractivity contribution in [2.24, 2.45) is 0 Å². The molecular formula is C24H17ClN2O3S. The second-order valence-corrected chi connectivity index (χ2v) is 7.54. The van der Waals surface area contributed by atoms with Crippen LogP contribution < -0.4 is 10.6 Å². The summed E-state index contributed by atoms with van der Waals surface area (Å²) in [5.74, 6) is 1.01. The highest BCUT2D eigenvalue weighted by Gasteiger charge is 2.07. The van der Waals surface area contributed by atoms with Gasteiger partial charge < -0.3 is 14.8 Å². The van der Waals surface area contributed by atoms with E-state index in [4.69, 9.17) is 28.2 Å². The molecule has 0 saturated carbocycles. The zero-order chi connectivity index (χ0) is 21.8. The normalized spacial score (nSPS) is 11.0. The van der Waals surface area contributed by atoms with E-state index in [0.717, 1.165) is 22.0 Å². The Morgan fingerprint density at radius 2 is 1.84 bits per heavy atom. The van der Waals surface area contributed by atoms with E-state index in [1.54, 1.807) is 42.5 Å². The van der Waals surface area contributed by atoms with Crippen molar-refractivity contribution >= 4 is 57.4 Å². The van der Waals surface area contributed by atoms with Crippen molar-refractivity contribution in [2.75, 3.05) is 5.32 Å². The van der Waals surface area contributed by atoms with Crippen LogP contribution >= 0.6 is 23.8 Å². The number of nitrogens with one attached hydrogen (secondary N) is 2. The van der Waals surface area contributed by atoms with Gasteiger partial charge in [0, 0.05) is 27.7 Å². The lowest BCUT2D eigenvalue weighted by atomic mass is 10.1. The number of carbonyl (C=O) groups excluding carboxylic acids is 1. The number of benzene rings is 3. The molecule has 1 aromatic heterocycles. The molecule has 31 heavy (non-hydrogen) atoms. The van der Waals surface area contributed by atoms with Crippen LogP contribution in [0, 0.1) is 0 Å². The summed E-state index contributed by atoms with van der Waals surface area (Å²) in [6.45, 7) is 0. The number of hydrogen-bond donors (Lipinski definition) is 3. The van der Waals surface area contributed by atoms with Gasteiger partial charge in [-0.05, 0) is 84.3 Å². The molecule has 0 spiro atoms. The zero-order valence-corrected chi connectivity index (χ0v) is 17.7. The second kappa shape index (κ2) is 9.04. The average molecular weight is 449 g/mol. The third-order valence-electron chi connectivity index (χ3n) is 4.50. The minimum Gasteiger partial charge on any atom is -0.508 e. The molecule has 4 aromatic rings. The van der Waals surface area contributed by atoms with E-state index in [1.165, 1.54) is 6.08 Å². The van der Waals surface area contributed by atoms with Crippen molar-refractivity contribution in [2.45, 2.75) is 0 Å². The third kappa shape index (κ3) is 5.12. The van der Waals surface area contributed by atoms with Crippen molar-refractivity contribution in [1.29, 1.82) is 0 Å². The molecule has 154 valence electrons. The monoisotopic (exact) mass is 448 g/mol. The van der Waals surface area contributed by atoms with Crippen LogP contribution in [0.4, 0.5) is 5.69 Å². The van der Waals surface area contributed by atoms with Crippen molar-refractivity contribution in [3.05, 3.63) is 89.7 Å². The van der Waals surface area contributed by atoms with E-state index in [2.05, 4.69) is 10.6 Å². The smallest absolute Gasteiger partial charge is 0.250 e. The van der Waals surface area contributed by atoms with Crippen molar-refractivity contribution < 1.29 is 14.3 Å². The number of halogens is 1. The summed E-state index contributed by atoms with van der Waals surface area (Å²) >= 11 is 11.2. The van der Waals surface area contributed by atoms with E-state index < -0.39 is 0 Å². The standard InChI is InChI=1S/C24H17ClN2O3S/c25-17-6-4-15(5-7-17)22-12-9-19(30-22)10-13-23(29)27-24(31)26-21-3-1-2-16-14-18(28)8-11-20(16)21/h1-14,28H,(H2,26,27,29,31)/b13-10+. The Hall–Kier alpha value is -3.61. The first kappa shape index (κ1) is 20.7. The number of aromatic hydroxyl groups is 1. The fourth-order valence-electron chi connectivity index (χ4n) is 3.06. The summed E-state index contributed by atoms with van der Waals surface area (Å²) in [7, 11) is 0. The van der Waals surface area contributed by atoms with Crippen LogP contribution in [-0.2, 0) is 4.79 Å². The first-order valence-electron chi connectivity index (χ1n) is 9.35. The summed E-state index contributed by atoms with van der Waals surface area (Å²) in [4.78, 5) is 12.2. The Balaban J connectivity index is 1.38. The largest absolute Gasteiger partial charge is 0.508 e. The lowest BCUT2D eigenvalue weighted by Gasteiger charge is -2.11. The fourth-order valence-corrected chi connectivity index (χ4v) is 3.39. The minimum atomic E-state index is -0.389. The van der Waals surface area contributed by atoms with Crippen LogP contribution in [0.15, 0.2) is 83.3 Å². The van der Waals surface area contributed by atoms with Crippen LogP contribution in [0.5, 0.6) is 5.75 Å². The topological polar surface area (TPSA) is 74.5 Å². The highest BCUT2D eigenvalue weighted by atomic mass is 35.5. The number of phenolic OH excluding ortho intramolecular Hbond substituents is 1. The van der Waals surface area contributed by atoms with Gasteiger partial charge in [-0.3, -0.25) is 10.1 Å². The molecule has 0 unspecified atom stereocenters. The molecule has 1 heterocycles. The fraction of sp³-hybridized carbons (Fsp3) is 0. The quantitative estimate of drug-likeness (QED) is 0.264. The number of anilines is 1. The first-order chi connectivity index (χ1) is 15.0. The van der Waals surface area contributed by atoms with Gasteiger partial charge in [0.15, 0.2) is 5.11 Å². The lowest BCUT2D eigenvalue weighted by molar-refractivity contribution is -0.115. The molecule has 5 nitrogen and oxygen atoms in total. The molecule has 1 amide bonds. The highest BCUT2D eigenvalue weighted by Crippen LogP contribution is 2.27. The molecule has 0 atom stereocenters. The van der Waals surface area contributed by atoms with Crippen LogP contribution in [0.3, 0.4) is 0 Å². The van der Waals surface area contributed by atoms with Gasteiger partial charge in [0.05, 0.1) is 0 Å². The third-order valence-corrected chi connectivity index (χ3v) is 4.96. The molecule has 0 saturated heterocycles. The predicted octanol–water partition coefficient (Wildman–Crippen LogP) is 5.99. The van der Waals surface area contributed by atoms with Gasteiger partial charge in [0.1, 0.15) is 17.3 Å². The van der Waals surface area contributed by atoms with Crippen LogP contribution in [0.1, 0.15) is 5.76 Å². The van der Waals surface area contributed by atoms with E-state index >= 15 is 0 Å². The van der Waals surface area contributed by atoms with Gasteiger partial charge in [-0.2, -0.15) is 0 Å². The van der Waals surface area contributed by atoms with Crippen molar-refractivity contribution in [3.8, 4) is 17.1 Å². The number of furan rings is 1. The van der Waals surface area contributed by atoms with Crippen molar-refractivity contribution in [1.82, 2.24) is 5.32 Å². The minimum absolute atomic E-state index is 0.163. The SMILES string of the molecule is O=C(/C=C/c1ccc(-c2ccc(Cl)cc2)o1)NC(=S)Nc1cccc2cc(O)ccc12. The maximum absolute atomic E-state index is 12.2. The number of hydrogen-bond acceptors (Lipinski definition) is 4. The summed E-state index contributed by atoms with van der Waals surface area (Å²) in [5.41, 5.74) is 1.62. The molecule has 0 fully saturated rings.